The van der Waals surface area contributed by atoms with E-state index in [9.17, 15) is 4.79 Å². The fourth-order valence-electron chi connectivity index (χ4n) is 3.41. The Bertz CT molecular complexity index is 526. The molecule has 2 aliphatic heterocycles. The van der Waals surface area contributed by atoms with Crippen LogP contribution in [0.1, 0.15) is 25.7 Å². The Balaban J connectivity index is 1.61. The highest BCUT2D eigenvalue weighted by atomic mass is 16.5. The van der Waals surface area contributed by atoms with E-state index in [2.05, 4.69) is 15.1 Å². The van der Waals surface area contributed by atoms with Crippen LogP contribution in [-0.4, -0.2) is 65.9 Å². The summed E-state index contributed by atoms with van der Waals surface area (Å²) in [5.74, 6) is 0.949. The Morgan fingerprint density at radius 2 is 2.35 bits per heavy atom. The van der Waals surface area contributed by atoms with Crippen molar-refractivity contribution in [3.05, 3.63) is 18.3 Å². The molecule has 7 heteroatoms. The lowest BCUT2D eigenvalue weighted by Crippen LogP contribution is -2.51. The van der Waals surface area contributed by atoms with Crippen molar-refractivity contribution in [3.8, 4) is 0 Å². The maximum atomic E-state index is 12.7. The van der Waals surface area contributed by atoms with Crippen LogP contribution in [0.25, 0.3) is 0 Å². The number of amides is 1. The van der Waals surface area contributed by atoms with E-state index < -0.39 is 0 Å². The molecule has 1 unspecified atom stereocenters. The lowest BCUT2D eigenvalue weighted by molar-refractivity contribution is -0.143. The van der Waals surface area contributed by atoms with E-state index >= 15 is 0 Å². The van der Waals surface area contributed by atoms with Gasteiger partial charge in [-0.15, -0.1) is 5.10 Å². The third-order valence-corrected chi connectivity index (χ3v) is 4.82. The van der Waals surface area contributed by atoms with Gasteiger partial charge in [0, 0.05) is 38.9 Å². The van der Waals surface area contributed by atoms with Crippen LogP contribution in [0.2, 0.25) is 0 Å². The summed E-state index contributed by atoms with van der Waals surface area (Å²) in [4.78, 5) is 16.7. The van der Waals surface area contributed by atoms with Crippen LogP contribution in [-0.2, 0) is 9.53 Å². The Morgan fingerprint density at radius 1 is 1.48 bits per heavy atom. The molecule has 0 aliphatic carbocycles. The maximum Gasteiger partial charge on any atom is 0.251 e. The summed E-state index contributed by atoms with van der Waals surface area (Å²) in [6.07, 6.45) is 5.05. The van der Waals surface area contributed by atoms with E-state index in [-0.39, 0.29) is 24.2 Å². The Morgan fingerprint density at radius 3 is 3.04 bits per heavy atom. The third-order valence-electron chi connectivity index (χ3n) is 4.82. The molecule has 2 aliphatic rings. The van der Waals surface area contributed by atoms with Crippen molar-refractivity contribution < 1.29 is 9.53 Å². The number of hydrogen-bond donors (Lipinski definition) is 1. The average molecular weight is 319 g/mol. The minimum absolute atomic E-state index is 0.0276. The molecule has 7 nitrogen and oxygen atoms in total. The zero-order valence-corrected chi connectivity index (χ0v) is 13.6. The summed E-state index contributed by atoms with van der Waals surface area (Å²) < 4.78 is 5.74. The minimum Gasteiger partial charge on any atom is -0.364 e. The van der Waals surface area contributed by atoms with Crippen molar-refractivity contribution in [1.82, 2.24) is 15.1 Å². The molecule has 2 saturated heterocycles. The normalized spacial score (nSPS) is 27.9. The number of carbonyl (C=O) groups excluding carboxylic acids is 1. The van der Waals surface area contributed by atoms with Crippen molar-refractivity contribution in [2.45, 2.75) is 43.9 Å². The van der Waals surface area contributed by atoms with Crippen LogP contribution in [0.5, 0.6) is 0 Å². The van der Waals surface area contributed by atoms with Crippen LogP contribution in [0.3, 0.4) is 0 Å². The van der Waals surface area contributed by atoms with Gasteiger partial charge in [0.15, 0.2) is 5.82 Å². The number of anilines is 1. The standard InChI is InChI=1S/C16H25N5O2/c1-20(16(22)14-7-6-13(10-17)23-14)12-4-3-9-21(11-12)15-5-2-8-18-19-15/h2,5,8,12-14H,3-4,6-7,9-11,17H2,1H3/t12?,13-,14+/m1/s1. The van der Waals surface area contributed by atoms with Crippen molar-refractivity contribution >= 4 is 11.7 Å². The van der Waals surface area contributed by atoms with Crippen molar-refractivity contribution in [2.24, 2.45) is 5.73 Å². The molecule has 0 saturated carbocycles. The molecule has 2 fully saturated rings. The summed E-state index contributed by atoms with van der Waals surface area (Å²) in [7, 11) is 1.88. The first-order chi connectivity index (χ1) is 11.2. The van der Waals surface area contributed by atoms with E-state index in [1.807, 2.05) is 24.1 Å². The van der Waals surface area contributed by atoms with E-state index in [1.165, 1.54) is 0 Å². The van der Waals surface area contributed by atoms with Gasteiger partial charge in [-0.3, -0.25) is 4.79 Å². The van der Waals surface area contributed by atoms with Gasteiger partial charge in [-0.1, -0.05) is 0 Å². The molecule has 23 heavy (non-hydrogen) atoms. The number of nitrogens with zero attached hydrogens (tertiary/aromatic N) is 4. The molecule has 3 heterocycles. The molecule has 126 valence electrons. The maximum absolute atomic E-state index is 12.7. The number of nitrogens with two attached hydrogens (primary N) is 1. The van der Waals surface area contributed by atoms with Gasteiger partial charge in [0.2, 0.25) is 0 Å². The van der Waals surface area contributed by atoms with E-state index in [0.717, 1.165) is 44.6 Å². The summed E-state index contributed by atoms with van der Waals surface area (Å²) in [6.45, 7) is 2.22. The van der Waals surface area contributed by atoms with Crippen molar-refractivity contribution in [3.63, 3.8) is 0 Å². The van der Waals surface area contributed by atoms with Crippen LogP contribution in [0, 0.1) is 0 Å². The van der Waals surface area contributed by atoms with Crippen LogP contribution >= 0.6 is 0 Å². The highest BCUT2D eigenvalue weighted by Gasteiger charge is 2.35. The van der Waals surface area contributed by atoms with Gasteiger partial charge in [0.05, 0.1) is 6.10 Å². The first-order valence-corrected chi connectivity index (χ1v) is 8.34. The van der Waals surface area contributed by atoms with Gasteiger partial charge >= 0.3 is 0 Å². The molecule has 3 atom stereocenters. The van der Waals surface area contributed by atoms with Gasteiger partial charge in [0.25, 0.3) is 5.91 Å². The summed E-state index contributed by atoms with van der Waals surface area (Å²) in [5, 5.41) is 8.11. The number of hydrogen-bond acceptors (Lipinski definition) is 6. The fraction of sp³-hybridized carbons (Fsp3) is 0.688. The second-order valence-electron chi connectivity index (χ2n) is 6.33. The van der Waals surface area contributed by atoms with Crippen LogP contribution in [0.15, 0.2) is 18.3 Å². The van der Waals surface area contributed by atoms with E-state index in [0.29, 0.717) is 6.54 Å². The number of piperidine rings is 1. The van der Waals surface area contributed by atoms with Gasteiger partial charge in [-0.25, -0.2) is 0 Å². The smallest absolute Gasteiger partial charge is 0.251 e. The van der Waals surface area contributed by atoms with Crippen molar-refractivity contribution in [1.29, 1.82) is 0 Å². The zero-order chi connectivity index (χ0) is 16.2. The molecular weight excluding hydrogens is 294 g/mol. The first kappa shape index (κ1) is 16.1. The van der Waals surface area contributed by atoms with Gasteiger partial charge in [0.1, 0.15) is 6.10 Å². The number of aromatic nitrogens is 2. The van der Waals surface area contributed by atoms with E-state index in [4.69, 9.17) is 10.5 Å². The lowest BCUT2D eigenvalue weighted by Gasteiger charge is -2.38. The molecule has 1 amide bonds. The molecule has 3 rings (SSSR count). The molecule has 2 N–H and O–H groups in total. The van der Waals surface area contributed by atoms with E-state index in [1.54, 1.807) is 6.20 Å². The highest BCUT2D eigenvalue weighted by molar-refractivity contribution is 5.81. The van der Waals surface area contributed by atoms with Crippen molar-refractivity contribution in [2.75, 3.05) is 31.6 Å². The fourth-order valence-corrected chi connectivity index (χ4v) is 3.41. The largest absolute Gasteiger partial charge is 0.364 e. The second kappa shape index (κ2) is 7.23. The molecule has 0 bridgehead atoms. The Hall–Kier alpha value is -1.73. The summed E-state index contributed by atoms with van der Waals surface area (Å²) in [6, 6.07) is 4.03. The molecule has 0 radical (unpaired) electrons. The monoisotopic (exact) mass is 319 g/mol. The number of likely N-dealkylation sites (N-methyl/N-ethyl adjacent to an activating group) is 1. The molecule has 0 aromatic carbocycles. The highest BCUT2D eigenvalue weighted by Crippen LogP contribution is 2.24. The Kier molecular flexibility index (Phi) is 5.07. The quantitative estimate of drug-likeness (QED) is 0.865. The summed E-state index contributed by atoms with van der Waals surface area (Å²) in [5.41, 5.74) is 5.63. The number of rotatable bonds is 4. The number of carbonyl (C=O) groups is 1. The average Bonchev–Trinajstić information content (AvgIpc) is 3.10. The van der Waals surface area contributed by atoms with Gasteiger partial charge in [-0.2, -0.15) is 5.10 Å². The summed E-state index contributed by atoms with van der Waals surface area (Å²) >= 11 is 0. The van der Waals surface area contributed by atoms with Crippen LogP contribution < -0.4 is 10.6 Å². The Labute approximate surface area is 136 Å². The number of ether oxygens (including phenoxy) is 1. The SMILES string of the molecule is CN(C(=O)[C@@H]1CC[C@H](CN)O1)C1CCCN(c2cccnn2)C1. The zero-order valence-electron chi connectivity index (χ0n) is 13.6. The minimum atomic E-state index is -0.333. The van der Waals surface area contributed by atoms with Gasteiger partial charge in [-0.05, 0) is 37.8 Å². The predicted molar refractivity (Wildman–Crippen MR) is 87.0 cm³/mol. The topological polar surface area (TPSA) is 84.6 Å². The molecule has 1 aromatic heterocycles. The molecular formula is C16H25N5O2. The van der Waals surface area contributed by atoms with Gasteiger partial charge < -0.3 is 20.3 Å². The molecule has 0 spiro atoms. The first-order valence-electron chi connectivity index (χ1n) is 8.34. The predicted octanol–water partition coefficient (Wildman–Crippen LogP) is 0.410. The molecule has 1 aromatic rings. The third kappa shape index (κ3) is 3.61. The lowest BCUT2D eigenvalue weighted by atomic mass is 10.0. The second-order valence-corrected chi connectivity index (χ2v) is 6.33. The van der Waals surface area contributed by atoms with Crippen LogP contribution in [0.4, 0.5) is 5.82 Å².